The summed E-state index contributed by atoms with van der Waals surface area (Å²) in [5, 5.41) is 14.4. The van der Waals surface area contributed by atoms with E-state index in [0.29, 0.717) is 16.3 Å². The summed E-state index contributed by atoms with van der Waals surface area (Å²) in [6, 6.07) is 14.3. The molecular weight excluding hydrogens is 342 g/mol. The number of fused-ring (bicyclic) bond motifs is 1. The summed E-state index contributed by atoms with van der Waals surface area (Å²) in [5.41, 5.74) is 5.17. The molecule has 0 spiro atoms. The van der Waals surface area contributed by atoms with Gasteiger partial charge in [-0.1, -0.05) is 23.7 Å². The SMILES string of the molecule is O=C(O)COc1ccccc1/C=N/Nc1ccnc2cc(Cl)ccc12. The molecule has 0 aliphatic rings. The van der Waals surface area contributed by atoms with Gasteiger partial charge in [0.1, 0.15) is 5.75 Å². The van der Waals surface area contributed by atoms with E-state index >= 15 is 0 Å². The van der Waals surface area contributed by atoms with Crippen LogP contribution in [0.3, 0.4) is 0 Å². The van der Waals surface area contributed by atoms with Gasteiger partial charge in [-0.15, -0.1) is 0 Å². The van der Waals surface area contributed by atoms with Gasteiger partial charge in [0.05, 0.1) is 17.4 Å². The lowest BCUT2D eigenvalue weighted by Gasteiger charge is -2.07. The van der Waals surface area contributed by atoms with E-state index in [1.54, 1.807) is 48.8 Å². The molecule has 1 heterocycles. The molecule has 0 saturated carbocycles. The Hall–Kier alpha value is -3.12. The monoisotopic (exact) mass is 355 g/mol. The maximum Gasteiger partial charge on any atom is 0.341 e. The Kier molecular flexibility index (Phi) is 5.11. The lowest BCUT2D eigenvalue weighted by atomic mass is 10.2. The van der Waals surface area contributed by atoms with Gasteiger partial charge in [-0.25, -0.2) is 4.79 Å². The number of ether oxygens (including phenoxy) is 1. The molecule has 0 unspecified atom stereocenters. The maximum absolute atomic E-state index is 10.6. The zero-order chi connectivity index (χ0) is 17.6. The molecular formula is C18H14ClN3O3. The zero-order valence-corrected chi connectivity index (χ0v) is 13.8. The number of nitrogens with one attached hydrogen (secondary N) is 1. The van der Waals surface area contributed by atoms with Gasteiger partial charge in [0.2, 0.25) is 0 Å². The third-order valence-electron chi connectivity index (χ3n) is 3.36. The van der Waals surface area contributed by atoms with E-state index in [1.807, 2.05) is 12.1 Å². The van der Waals surface area contributed by atoms with Crippen LogP contribution < -0.4 is 10.2 Å². The van der Waals surface area contributed by atoms with E-state index in [1.165, 1.54) is 0 Å². The molecule has 0 aliphatic heterocycles. The largest absolute Gasteiger partial charge is 0.481 e. The molecule has 3 aromatic rings. The number of aliphatic carboxylic acids is 1. The maximum atomic E-state index is 10.6. The number of hydrogen-bond acceptors (Lipinski definition) is 5. The first-order valence-electron chi connectivity index (χ1n) is 7.40. The Balaban J connectivity index is 1.79. The van der Waals surface area contributed by atoms with Crippen molar-refractivity contribution in [3.8, 4) is 5.75 Å². The Morgan fingerprint density at radius 2 is 2.12 bits per heavy atom. The minimum atomic E-state index is -1.04. The van der Waals surface area contributed by atoms with Crippen LogP contribution >= 0.6 is 11.6 Å². The number of anilines is 1. The first kappa shape index (κ1) is 16.7. The number of aromatic nitrogens is 1. The van der Waals surface area contributed by atoms with Crippen molar-refractivity contribution in [2.75, 3.05) is 12.0 Å². The number of hydrogen-bond donors (Lipinski definition) is 2. The molecule has 3 rings (SSSR count). The summed E-state index contributed by atoms with van der Waals surface area (Å²) >= 11 is 5.98. The molecule has 0 saturated heterocycles. The lowest BCUT2D eigenvalue weighted by Crippen LogP contribution is -2.10. The molecule has 2 N–H and O–H groups in total. The number of para-hydroxylation sites is 1. The molecule has 6 nitrogen and oxygen atoms in total. The van der Waals surface area contributed by atoms with Gasteiger partial charge < -0.3 is 9.84 Å². The van der Waals surface area contributed by atoms with E-state index in [4.69, 9.17) is 21.4 Å². The van der Waals surface area contributed by atoms with Crippen LogP contribution in [-0.4, -0.2) is 28.9 Å². The number of carboxylic acid groups (broad SMARTS) is 1. The summed E-state index contributed by atoms with van der Waals surface area (Å²) < 4.78 is 5.24. The molecule has 126 valence electrons. The second-order valence-corrected chi connectivity index (χ2v) is 5.55. The molecule has 0 bridgehead atoms. The van der Waals surface area contributed by atoms with Crippen molar-refractivity contribution in [1.29, 1.82) is 0 Å². The topological polar surface area (TPSA) is 83.8 Å². The van der Waals surface area contributed by atoms with Crippen LogP contribution in [0.25, 0.3) is 10.9 Å². The third-order valence-corrected chi connectivity index (χ3v) is 3.60. The second-order valence-electron chi connectivity index (χ2n) is 5.11. The highest BCUT2D eigenvalue weighted by molar-refractivity contribution is 6.31. The van der Waals surface area contributed by atoms with E-state index < -0.39 is 12.6 Å². The highest BCUT2D eigenvalue weighted by Crippen LogP contribution is 2.24. The summed E-state index contributed by atoms with van der Waals surface area (Å²) in [7, 11) is 0. The predicted octanol–water partition coefficient (Wildman–Crippen LogP) is 3.80. The van der Waals surface area contributed by atoms with Gasteiger partial charge in [-0.3, -0.25) is 10.4 Å². The van der Waals surface area contributed by atoms with Gasteiger partial charge in [-0.2, -0.15) is 5.10 Å². The second kappa shape index (κ2) is 7.63. The van der Waals surface area contributed by atoms with Crippen LogP contribution in [0.15, 0.2) is 59.8 Å². The number of halogens is 1. The molecule has 1 aromatic heterocycles. The number of nitrogens with zero attached hydrogens (tertiary/aromatic N) is 2. The zero-order valence-electron chi connectivity index (χ0n) is 13.0. The van der Waals surface area contributed by atoms with Crippen LogP contribution in [0.5, 0.6) is 5.75 Å². The fraction of sp³-hybridized carbons (Fsp3) is 0.0556. The Morgan fingerprint density at radius 1 is 1.28 bits per heavy atom. The number of hydrazone groups is 1. The number of pyridine rings is 1. The minimum absolute atomic E-state index is 0.409. The first-order chi connectivity index (χ1) is 12.1. The number of rotatable bonds is 6. The molecule has 0 fully saturated rings. The van der Waals surface area contributed by atoms with Crippen molar-refractivity contribution >= 4 is 40.4 Å². The molecule has 2 aromatic carbocycles. The van der Waals surface area contributed by atoms with E-state index in [2.05, 4.69) is 15.5 Å². The van der Waals surface area contributed by atoms with Crippen molar-refractivity contribution in [3.05, 3.63) is 65.3 Å². The van der Waals surface area contributed by atoms with Crippen LogP contribution in [0.1, 0.15) is 5.56 Å². The van der Waals surface area contributed by atoms with Gasteiger partial charge in [-0.05, 0) is 36.4 Å². The fourth-order valence-corrected chi connectivity index (χ4v) is 2.41. The van der Waals surface area contributed by atoms with Gasteiger partial charge in [0, 0.05) is 22.2 Å². The van der Waals surface area contributed by atoms with Gasteiger partial charge in [0.15, 0.2) is 6.61 Å². The van der Waals surface area contributed by atoms with Crippen LogP contribution in [0.2, 0.25) is 5.02 Å². The highest BCUT2D eigenvalue weighted by Gasteiger charge is 2.04. The number of benzene rings is 2. The van der Waals surface area contributed by atoms with E-state index in [-0.39, 0.29) is 0 Å². The molecule has 0 radical (unpaired) electrons. The van der Waals surface area contributed by atoms with Crippen molar-refractivity contribution in [1.82, 2.24) is 4.98 Å². The first-order valence-corrected chi connectivity index (χ1v) is 7.78. The normalized spacial score (nSPS) is 10.9. The Morgan fingerprint density at radius 3 is 2.96 bits per heavy atom. The number of carbonyl (C=O) groups is 1. The van der Waals surface area contributed by atoms with Crippen LogP contribution in [0.4, 0.5) is 5.69 Å². The smallest absolute Gasteiger partial charge is 0.341 e. The predicted molar refractivity (Wildman–Crippen MR) is 97.5 cm³/mol. The summed E-state index contributed by atoms with van der Waals surface area (Å²) in [5.74, 6) is -0.589. The minimum Gasteiger partial charge on any atom is -0.481 e. The Labute approximate surface area is 148 Å². The number of carboxylic acids is 1. The van der Waals surface area contributed by atoms with Gasteiger partial charge >= 0.3 is 5.97 Å². The average molecular weight is 356 g/mol. The van der Waals surface area contributed by atoms with Crippen LogP contribution in [-0.2, 0) is 4.79 Å². The van der Waals surface area contributed by atoms with Crippen molar-refractivity contribution in [2.24, 2.45) is 5.10 Å². The van der Waals surface area contributed by atoms with Crippen molar-refractivity contribution in [3.63, 3.8) is 0 Å². The average Bonchev–Trinajstić information content (AvgIpc) is 2.60. The lowest BCUT2D eigenvalue weighted by molar-refractivity contribution is -0.139. The van der Waals surface area contributed by atoms with Crippen molar-refractivity contribution < 1.29 is 14.6 Å². The van der Waals surface area contributed by atoms with Crippen molar-refractivity contribution in [2.45, 2.75) is 0 Å². The Bertz CT molecular complexity index is 944. The summed E-state index contributed by atoms with van der Waals surface area (Å²) in [4.78, 5) is 14.9. The van der Waals surface area contributed by atoms with E-state index in [9.17, 15) is 4.79 Å². The molecule has 0 atom stereocenters. The quantitative estimate of drug-likeness (QED) is 0.519. The molecule has 25 heavy (non-hydrogen) atoms. The highest BCUT2D eigenvalue weighted by atomic mass is 35.5. The van der Waals surface area contributed by atoms with Crippen LogP contribution in [0, 0.1) is 0 Å². The van der Waals surface area contributed by atoms with E-state index in [0.717, 1.165) is 16.6 Å². The molecule has 0 aliphatic carbocycles. The summed E-state index contributed by atoms with van der Waals surface area (Å²) in [6.45, 7) is -0.409. The third kappa shape index (κ3) is 4.24. The standard InChI is InChI=1S/C18H14ClN3O3/c19-13-5-6-14-15(7-8-20-16(14)9-13)22-21-10-12-3-1-2-4-17(12)25-11-18(23)24/h1-10H,11H2,(H,20,22)(H,23,24)/b21-10+. The fourth-order valence-electron chi connectivity index (χ4n) is 2.25. The molecule has 7 heteroatoms. The molecule has 0 amide bonds. The summed E-state index contributed by atoms with van der Waals surface area (Å²) in [6.07, 6.45) is 3.24. The van der Waals surface area contributed by atoms with Gasteiger partial charge in [0.25, 0.3) is 0 Å².